The van der Waals surface area contributed by atoms with E-state index in [1.54, 1.807) is 0 Å². The zero-order valence-electron chi connectivity index (χ0n) is 10.1. The zero-order valence-corrected chi connectivity index (χ0v) is 10.1. The molecule has 1 atom stereocenters. The van der Waals surface area contributed by atoms with Crippen LogP contribution >= 0.6 is 0 Å². The van der Waals surface area contributed by atoms with Crippen molar-refractivity contribution in [3.8, 4) is 0 Å². The molecule has 1 N–H and O–H groups in total. The van der Waals surface area contributed by atoms with E-state index in [0.29, 0.717) is 6.42 Å². The first-order chi connectivity index (χ1) is 8.69. The summed E-state index contributed by atoms with van der Waals surface area (Å²) >= 11 is 0. The fraction of sp³-hybridized carbons (Fsp3) is 0.200. The topological polar surface area (TPSA) is 46.2 Å². The number of fused-ring (bicyclic) bond motifs is 1. The van der Waals surface area contributed by atoms with Crippen LogP contribution in [0.1, 0.15) is 12.5 Å². The molecule has 2 rings (SSSR count). The van der Waals surface area contributed by atoms with Gasteiger partial charge in [-0.3, -0.25) is 9.59 Å². The van der Waals surface area contributed by atoms with Gasteiger partial charge in [0.25, 0.3) is 0 Å². The van der Waals surface area contributed by atoms with E-state index in [9.17, 15) is 9.59 Å². The second-order valence-corrected chi connectivity index (χ2v) is 4.26. The van der Waals surface area contributed by atoms with Crippen LogP contribution in [0.3, 0.4) is 0 Å². The fourth-order valence-electron chi connectivity index (χ4n) is 1.97. The fourth-order valence-corrected chi connectivity index (χ4v) is 1.97. The highest BCUT2D eigenvalue weighted by Gasteiger charge is 2.10. The molecule has 18 heavy (non-hydrogen) atoms. The van der Waals surface area contributed by atoms with Crippen molar-refractivity contribution in [2.24, 2.45) is 0 Å². The van der Waals surface area contributed by atoms with Crippen LogP contribution in [0.25, 0.3) is 10.8 Å². The van der Waals surface area contributed by atoms with Gasteiger partial charge in [0.15, 0.2) is 0 Å². The standard InChI is InChI=1S/C15H14NO2/c1-11(18)16-15(10-17)9-12-6-7-13-4-2-3-5-14(13)8-12/h2-8,15H,9H2,1H3,(H,16,18)/t15-/m0/s1. The number of amides is 1. The average molecular weight is 240 g/mol. The lowest BCUT2D eigenvalue weighted by Crippen LogP contribution is -2.35. The molecule has 0 bridgehead atoms. The highest BCUT2D eigenvalue weighted by molar-refractivity contribution is 5.83. The van der Waals surface area contributed by atoms with Gasteiger partial charge in [0.1, 0.15) is 0 Å². The lowest BCUT2D eigenvalue weighted by atomic mass is 10.0. The van der Waals surface area contributed by atoms with Gasteiger partial charge >= 0.3 is 0 Å². The summed E-state index contributed by atoms with van der Waals surface area (Å²) in [6, 6.07) is 13.5. The molecule has 3 heteroatoms. The van der Waals surface area contributed by atoms with E-state index in [1.165, 1.54) is 6.92 Å². The Balaban J connectivity index is 2.20. The van der Waals surface area contributed by atoms with Crippen LogP contribution < -0.4 is 5.32 Å². The van der Waals surface area contributed by atoms with Crippen molar-refractivity contribution < 1.29 is 9.59 Å². The molecule has 0 fully saturated rings. The maximum absolute atomic E-state index is 10.9. The maximum atomic E-state index is 10.9. The number of hydrogen-bond acceptors (Lipinski definition) is 2. The minimum atomic E-state index is -0.580. The summed E-state index contributed by atoms with van der Waals surface area (Å²) in [6.07, 6.45) is 2.31. The van der Waals surface area contributed by atoms with E-state index in [0.717, 1.165) is 16.3 Å². The Bertz CT molecular complexity index is 577. The molecule has 2 aromatic carbocycles. The summed E-state index contributed by atoms with van der Waals surface area (Å²) in [7, 11) is 0. The minimum Gasteiger partial charge on any atom is -0.346 e. The molecule has 0 heterocycles. The van der Waals surface area contributed by atoms with Crippen LogP contribution in [0.4, 0.5) is 0 Å². The van der Waals surface area contributed by atoms with Crippen LogP contribution in [0, 0.1) is 0 Å². The van der Waals surface area contributed by atoms with Crippen molar-refractivity contribution in [3.05, 3.63) is 48.0 Å². The Morgan fingerprint density at radius 2 is 1.94 bits per heavy atom. The lowest BCUT2D eigenvalue weighted by Gasteiger charge is -2.11. The van der Waals surface area contributed by atoms with Crippen molar-refractivity contribution in [3.63, 3.8) is 0 Å². The third kappa shape index (κ3) is 2.94. The predicted molar refractivity (Wildman–Crippen MR) is 71.0 cm³/mol. The van der Waals surface area contributed by atoms with Gasteiger partial charge in [-0.05, 0) is 16.3 Å². The SMILES string of the molecule is CC(=O)N[C@H]([C]=O)Cc1ccc2ccccc2c1. The van der Waals surface area contributed by atoms with Gasteiger partial charge in [-0.1, -0.05) is 42.5 Å². The van der Waals surface area contributed by atoms with Crippen LogP contribution in [0.5, 0.6) is 0 Å². The number of carbonyl (C=O) groups excluding carboxylic acids is 2. The molecule has 0 aliphatic heterocycles. The average Bonchev–Trinajstić information content (AvgIpc) is 2.37. The van der Waals surface area contributed by atoms with Crippen molar-refractivity contribution in [2.45, 2.75) is 19.4 Å². The van der Waals surface area contributed by atoms with E-state index in [2.05, 4.69) is 5.32 Å². The molecule has 0 unspecified atom stereocenters. The summed E-state index contributed by atoms with van der Waals surface area (Å²) < 4.78 is 0. The molecule has 1 radical (unpaired) electrons. The van der Waals surface area contributed by atoms with E-state index in [4.69, 9.17) is 0 Å². The number of nitrogens with one attached hydrogen (secondary N) is 1. The van der Waals surface area contributed by atoms with Gasteiger partial charge in [-0.25, -0.2) is 0 Å². The summed E-state index contributed by atoms with van der Waals surface area (Å²) in [6.45, 7) is 1.39. The Morgan fingerprint density at radius 1 is 1.22 bits per heavy atom. The molecule has 91 valence electrons. The predicted octanol–water partition coefficient (Wildman–Crippen LogP) is 2.00. The molecule has 0 aliphatic carbocycles. The van der Waals surface area contributed by atoms with Crippen LogP contribution in [-0.4, -0.2) is 18.2 Å². The molecule has 3 nitrogen and oxygen atoms in total. The number of carbonyl (C=O) groups is 1. The Morgan fingerprint density at radius 3 is 2.61 bits per heavy atom. The van der Waals surface area contributed by atoms with Crippen molar-refractivity contribution in [1.29, 1.82) is 0 Å². The molecule has 0 aromatic heterocycles. The Hall–Kier alpha value is -2.16. The molecule has 0 saturated carbocycles. The second kappa shape index (κ2) is 5.45. The van der Waals surface area contributed by atoms with E-state index < -0.39 is 6.04 Å². The Labute approximate surface area is 106 Å². The summed E-state index contributed by atoms with van der Waals surface area (Å²) in [5, 5.41) is 4.85. The first-order valence-corrected chi connectivity index (χ1v) is 5.81. The number of rotatable bonds is 4. The molecular weight excluding hydrogens is 226 g/mol. The van der Waals surface area contributed by atoms with Gasteiger partial charge in [0, 0.05) is 13.3 Å². The molecule has 0 saturated heterocycles. The Kier molecular flexibility index (Phi) is 3.72. The van der Waals surface area contributed by atoms with Gasteiger partial charge in [0.05, 0.1) is 6.04 Å². The summed E-state index contributed by atoms with van der Waals surface area (Å²) in [5.41, 5.74) is 1.01. The van der Waals surface area contributed by atoms with Crippen LogP contribution in [0.2, 0.25) is 0 Å². The summed E-state index contributed by atoms with van der Waals surface area (Å²) in [5.74, 6) is -0.218. The zero-order chi connectivity index (χ0) is 13.0. The van der Waals surface area contributed by atoms with Gasteiger partial charge in [0.2, 0.25) is 12.2 Å². The van der Waals surface area contributed by atoms with E-state index in [1.807, 2.05) is 48.8 Å². The van der Waals surface area contributed by atoms with E-state index in [-0.39, 0.29) is 5.91 Å². The quantitative estimate of drug-likeness (QED) is 0.888. The number of benzene rings is 2. The van der Waals surface area contributed by atoms with Crippen LogP contribution in [0.15, 0.2) is 42.5 Å². The van der Waals surface area contributed by atoms with Crippen LogP contribution in [-0.2, 0) is 16.0 Å². The van der Waals surface area contributed by atoms with Gasteiger partial charge in [-0.15, -0.1) is 0 Å². The highest BCUT2D eigenvalue weighted by atomic mass is 16.2. The summed E-state index contributed by atoms with van der Waals surface area (Å²) in [4.78, 5) is 21.7. The smallest absolute Gasteiger partial charge is 0.223 e. The molecular formula is C15H14NO2. The third-order valence-corrected chi connectivity index (χ3v) is 2.77. The molecule has 1 amide bonds. The third-order valence-electron chi connectivity index (χ3n) is 2.77. The molecule has 2 aromatic rings. The highest BCUT2D eigenvalue weighted by Crippen LogP contribution is 2.16. The van der Waals surface area contributed by atoms with Crippen molar-refractivity contribution in [2.75, 3.05) is 0 Å². The van der Waals surface area contributed by atoms with Crippen molar-refractivity contribution >= 4 is 23.0 Å². The van der Waals surface area contributed by atoms with Crippen molar-refractivity contribution in [1.82, 2.24) is 5.32 Å². The normalized spacial score (nSPS) is 12.1. The largest absolute Gasteiger partial charge is 0.346 e. The van der Waals surface area contributed by atoms with E-state index >= 15 is 0 Å². The first kappa shape index (κ1) is 12.3. The number of hydrogen-bond donors (Lipinski definition) is 1. The lowest BCUT2D eigenvalue weighted by molar-refractivity contribution is -0.119. The second-order valence-electron chi connectivity index (χ2n) is 4.26. The van der Waals surface area contributed by atoms with Gasteiger partial charge in [-0.2, -0.15) is 0 Å². The minimum absolute atomic E-state index is 0.218. The monoisotopic (exact) mass is 240 g/mol. The van der Waals surface area contributed by atoms with Gasteiger partial charge < -0.3 is 5.32 Å². The first-order valence-electron chi connectivity index (χ1n) is 5.81. The maximum Gasteiger partial charge on any atom is 0.223 e. The molecule has 0 aliphatic rings. The molecule has 0 spiro atoms.